The Morgan fingerprint density at radius 3 is 2.52 bits per heavy atom. The van der Waals surface area contributed by atoms with E-state index in [0.717, 1.165) is 29.0 Å². The molecule has 0 spiro atoms. The molecule has 5 rings (SSSR count). The van der Waals surface area contributed by atoms with Crippen LogP contribution in [0.3, 0.4) is 0 Å². The summed E-state index contributed by atoms with van der Waals surface area (Å²) in [5.74, 6) is 0.00376. The second-order valence-electron chi connectivity index (χ2n) is 7.84. The SMILES string of the molecule is Cc1ccc(S(=O)(=O)N2c3ccccc3NC3=C(C(=O)CCC3)[C@H]2c2cccs2)cc1. The molecule has 3 aromatic rings. The predicted molar refractivity (Wildman–Crippen MR) is 124 cm³/mol. The van der Waals surface area contributed by atoms with Crippen molar-refractivity contribution >= 4 is 38.5 Å². The van der Waals surface area contributed by atoms with Gasteiger partial charge in [-0.1, -0.05) is 35.9 Å². The molecule has 1 aliphatic carbocycles. The van der Waals surface area contributed by atoms with Crippen molar-refractivity contribution < 1.29 is 13.2 Å². The largest absolute Gasteiger partial charge is 0.357 e. The highest BCUT2D eigenvalue weighted by molar-refractivity contribution is 7.92. The lowest BCUT2D eigenvalue weighted by atomic mass is 9.89. The zero-order chi connectivity index (χ0) is 21.6. The summed E-state index contributed by atoms with van der Waals surface area (Å²) in [6, 6.07) is 17.3. The Kier molecular flexibility index (Phi) is 4.95. The summed E-state index contributed by atoms with van der Waals surface area (Å²) in [4.78, 5) is 14.2. The van der Waals surface area contributed by atoms with Gasteiger partial charge in [0.15, 0.2) is 5.78 Å². The van der Waals surface area contributed by atoms with Crippen molar-refractivity contribution in [2.45, 2.75) is 37.1 Å². The van der Waals surface area contributed by atoms with Crippen LogP contribution in [0.5, 0.6) is 0 Å². The van der Waals surface area contributed by atoms with E-state index < -0.39 is 16.1 Å². The molecule has 2 aliphatic rings. The first kappa shape index (κ1) is 20.0. The van der Waals surface area contributed by atoms with E-state index in [-0.39, 0.29) is 10.7 Å². The smallest absolute Gasteiger partial charge is 0.265 e. The highest BCUT2D eigenvalue weighted by Crippen LogP contribution is 2.48. The molecule has 0 bridgehead atoms. The van der Waals surface area contributed by atoms with Crippen molar-refractivity contribution in [1.29, 1.82) is 0 Å². The first-order valence-corrected chi connectivity index (χ1v) is 12.6. The Balaban J connectivity index is 1.82. The van der Waals surface area contributed by atoms with Crippen LogP contribution in [0.4, 0.5) is 11.4 Å². The van der Waals surface area contributed by atoms with Crippen molar-refractivity contribution in [1.82, 2.24) is 0 Å². The summed E-state index contributed by atoms with van der Waals surface area (Å²) in [6.45, 7) is 1.92. The van der Waals surface area contributed by atoms with Gasteiger partial charge in [0.05, 0.1) is 16.3 Å². The van der Waals surface area contributed by atoms with Gasteiger partial charge in [0.1, 0.15) is 6.04 Å². The average molecular weight is 451 g/mol. The maximum atomic E-state index is 14.1. The van der Waals surface area contributed by atoms with Gasteiger partial charge in [0.25, 0.3) is 10.0 Å². The van der Waals surface area contributed by atoms with Gasteiger partial charge in [-0.3, -0.25) is 9.10 Å². The van der Waals surface area contributed by atoms with Crippen molar-refractivity contribution in [3.63, 3.8) is 0 Å². The molecule has 1 atom stereocenters. The van der Waals surface area contributed by atoms with Crippen LogP contribution >= 0.6 is 11.3 Å². The molecule has 0 radical (unpaired) electrons. The second-order valence-corrected chi connectivity index (χ2v) is 10.6. The van der Waals surface area contributed by atoms with Gasteiger partial charge in [0.2, 0.25) is 0 Å². The Morgan fingerprint density at radius 1 is 1.00 bits per heavy atom. The van der Waals surface area contributed by atoms with Crippen LogP contribution in [0.1, 0.15) is 35.7 Å². The summed E-state index contributed by atoms with van der Waals surface area (Å²) >= 11 is 1.47. The van der Waals surface area contributed by atoms with Crippen LogP contribution < -0.4 is 9.62 Å². The number of para-hydroxylation sites is 2. The van der Waals surface area contributed by atoms with Gasteiger partial charge in [-0.25, -0.2) is 8.42 Å². The van der Waals surface area contributed by atoms with Crippen LogP contribution in [-0.2, 0) is 14.8 Å². The second kappa shape index (κ2) is 7.66. The van der Waals surface area contributed by atoms with Crippen molar-refractivity contribution in [2.24, 2.45) is 0 Å². The number of allylic oxidation sites excluding steroid dienone is 1. The third-order valence-electron chi connectivity index (χ3n) is 5.78. The van der Waals surface area contributed by atoms with Crippen LogP contribution in [-0.4, -0.2) is 14.2 Å². The zero-order valence-electron chi connectivity index (χ0n) is 17.0. The Hall–Kier alpha value is -2.90. The summed E-state index contributed by atoms with van der Waals surface area (Å²) in [6.07, 6.45) is 1.90. The van der Waals surface area contributed by atoms with Gasteiger partial charge < -0.3 is 5.32 Å². The molecule has 0 amide bonds. The normalized spacial score (nSPS) is 18.8. The topological polar surface area (TPSA) is 66.5 Å². The average Bonchev–Trinajstić information content (AvgIpc) is 3.23. The monoisotopic (exact) mass is 450 g/mol. The fourth-order valence-electron chi connectivity index (χ4n) is 4.30. The van der Waals surface area contributed by atoms with Crippen LogP contribution in [0.15, 0.2) is 82.2 Å². The van der Waals surface area contributed by atoms with Crippen molar-refractivity contribution in [2.75, 3.05) is 9.62 Å². The number of Topliss-reactive ketones (excluding diaryl/α,β-unsaturated/α-hetero) is 1. The van der Waals surface area contributed by atoms with E-state index in [0.29, 0.717) is 23.4 Å². The number of thiophene rings is 1. The van der Waals surface area contributed by atoms with Gasteiger partial charge >= 0.3 is 0 Å². The van der Waals surface area contributed by atoms with Gasteiger partial charge in [-0.05, 0) is 55.5 Å². The molecular formula is C24H22N2O3S2. The molecule has 0 saturated carbocycles. The number of sulfonamides is 1. The van der Waals surface area contributed by atoms with Crippen molar-refractivity contribution in [3.8, 4) is 0 Å². The number of carbonyl (C=O) groups is 1. The highest BCUT2D eigenvalue weighted by Gasteiger charge is 2.42. The van der Waals surface area contributed by atoms with Crippen LogP contribution in [0.2, 0.25) is 0 Å². The Morgan fingerprint density at radius 2 is 1.77 bits per heavy atom. The number of rotatable bonds is 3. The van der Waals surface area contributed by atoms with E-state index >= 15 is 0 Å². The van der Waals surface area contributed by atoms with Gasteiger partial charge in [0, 0.05) is 22.6 Å². The molecule has 31 heavy (non-hydrogen) atoms. The van der Waals surface area contributed by atoms with E-state index in [4.69, 9.17) is 0 Å². The summed E-state index contributed by atoms with van der Waals surface area (Å²) in [5, 5.41) is 5.32. The van der Waals surface area contributed by atoms with Crippen LogP contribution in [0.25, 0.3) is 0 Å². The molecule has 158 valence electrons. The number of nitrogens with one attached hydrogen (secondary N) is 1. The summed E-state index contributed by atoms with van der Waals surface area (Å²) in [5.41, 5.74) is 3.60. The molecule has 2 aromatic carbocycles. The van der Waals surface area contributed by atoms with E-state index in [1.54, 1.807) is 30.3 Å². The molecular weight excluding hydrogens is 428 g/mol. The minimum atomic E-state index is -3.95. The lowest BCUT2D eigenvalue weighted by Crippen LogP contribution is -2.37. The molecule has 1 aromatic heterocycles. The van der Waals surface area contributed by atoms with E-state index in [2.05, 4.69) is 5.32 Å². The number of hydrogen-bond donors (Lipinski definition) is 1. The van der Waals surface area contributed by atoms with E-state index in [9.17, 15) is 13.2 Å². The van der Waals surface area contributed by atoms with Gasteiger partial charge in [-0.2, -0.15) is 0 Å². The van der Waals surface area contributed by atoms with Crippen molar-refractivity contribution in [3.05, 3.63) is 87.8 Å². The maximum absolute atomic E-state index is 14.1. The Labute approximate surface area is 186 Å². The zero-order valence-corrected chi connectivity index (χ0v) is 18.7. The lowest BCUT2D eigenvalue weighted by molar-refractivity contribution is -0.116. The van der Waals surface area contributed by atoms with E-state index in [1.165, 1.54) is 15.6 Å². The number of benzene rings is 2. The molecule has 7 heteroatoms. The fraction of sp³-hybridized carbons (Fsp3) is 0.208. The molecule has 0 unspecified atom stereocenters. The molecule has 0 saturated heterocycles. The highest BCUT2D eigenvalue weighted by atomic mass is 32.2. The third-order valence-corrected chi connectivity index (χ3v) is 8.50. The molecule has 1 N–H and O–H groups in total. The number of fused-ring (bicyclic) bond motifs is 1. The number of anilines is 2. The fourth-order valence-corrected chi connectivity index (χ4v) is 6.81. The van der Waals surface area contributed by atoms with Gasteiger partial charge in [-0.15, -0.1) is 11.3 Å². The summed E-state index contributed by atoms with van der Waals surface area (Å²) in [7, 11) is -3.95. The number of aryl methyl sites for hydroxylation is 1. The Bertz CT molecular complexity index is 1280. The summed E-state index contributed by atoms with van der Waals surface area (Å²) < 4.78 is 29.6. The minimum absolute atomic E-state index is 0.00376. The number of carbonyl (C=O) groups excluding carboxylic acids is 1. The number of nitrogens with zero attached hydrogens (tertiary/aromatic N) is 1. The van der Waals surface area contributed by atoms with Crippen LogP contribution in [0, 0.1) is 6.92 Å². The first-order valence-electron chi connectivity index (χ1n) is 10.2. The maximum Gasteiger partial charge on any atom is 0.265 e. The quantitative estimate of drug-likeness (QED) is 0.578. The number of hydrogen-bond acceptors (Lipinski definition) is 5. The molecule has 1 aliphatic heterocycles. The third kappa shape index (κ3) is 3.38. The molecule has 5 nitrogen and oxygen atoms in total. The standard InChI is InChI=1S/C24H22N2O3S2/c1-16-11-13-17(14-12-16)31(28,29)26-20-8-3-2-6-18(20)25-19-7-4-9-21(27)23(19)24(26)22-10-5-15-30-22/h2-3,5-6,8,10-15,24-25H,4,7,9H2,1H3/t24-/m1/s1. The van der Waals surface area contributed by atoms with E-state index in [1.807, 2.05) is 42.6 Å². The molecule has 0 fully saturated rings. The minimum Gasteiger partial charge on any atom is -0.357 e. The first-order chi connectivity index (χ1) is 15.0. The lowest BCUT2D eigenvalue weighted by Gasteiger charge is -2.33. The predicted octanol–water partition coefficient (Wildman–Crippen LogP) is 5.43. The molecule has 2 heterocycles. The number of ketones is 1.